The van der Waals surface area contributed by atoms with Gasteiger partial charge in [-0.2, -0.15) is 4.39 Å². The van der Waals surface area contributed by atoms with Gasteiger partial charge < -0.3 is 0 Å². The third-order valence-corrected chi connectivity index (χ3v) is 4.01. The molecule has 0 aromatic heterocycles. The average Bonchev–Trinajstić information content (AvgIpc) is 2.27. The quantitative estimate of drug-likeness (QED) is 0.656. The van der Waals surface area contributed by atoms with Crippen LogP contribution in [0.5, 0.6) is 0 Å². The lowest BCUT2D eigenvalue weighted by Gasteiger charge is -2.12. The number of nitro benzene ring substituents is 1. The summed E-state index contributed by atoms with van der Waals surface area (Å²) in [6.45, 7) is 3.37. The lowest BCUT2D eigenvalue weighted by molar-refractivity contribution is -0.390. The fourth-order valence-corrected chi connectivity index (χ4v) is 2.81. The van der Waals surface area contributed by atoms with Gasteiger partial charge in [-0.1, -0.05) is 13.0 Å². The summed E-state index contributed by atoms with van der Waals surface area (Å²) in [6, 6.07) is 2.58. The molecule has 8 heteroatoms. The highest BCUT2D eigenvalue weighted by Gasteiger charge is 2.29. The van der Waals surface area contributed by atoms with Gasteiger partial charge in [-0.25, -0.2) is 13.1 Å². The Kier molecular flexibility index (Phi) is 4.36. The Hall–Kier alpha value is -1.54. The minimum Gasteiger partial charge on any atom is -0.258 e. The maximum absolute atomic E-state index is 13.3. The molecule has 1 atom stereocenters. The van der Waals surface area contributed by atoms with Crippen LogP contribution in [0.4, 0.5) is 10.1 Å². The van der Waals surface area contributed by atoms with Gasteiger partial charge in [0.05, 0.1) is 4.92 Å². The minimum atomic E-state index is -4.10. The van der Waals surface area contributed by atoms with Crippen molar-refractivity contribution in [2.75, 3.05) is 0 Å². The van der Waals surface area contributed by atoms with E-state index in [1.807, 2.05) is 0 Å². The third-order valence-electron chi connectivity index (χ3n) is 2.39. The summed E-state index contributed by atoms with van der Waals surface area (Å²) in [5.41, 5.74) is -1.03. The molecule has 18 heavy (non-hydrogen) atoms. The van der Waals surface area contributed by atoms with E-state index in [0.29, 0.717) is 6.42 Å². The highest BCUT2D eigenvalue weighted by Crippen LogP contribution is 2.26. The number of hydrogen-bond donors (Lipinski definition) is 1. The molecular weight excluding hydrogens is 263 g/mol. The van der Waals surface area contributed by atoms with Crippen LogP contribution in [0.15, 0.2) is 23.1 Å². The molecule has 0 radical (unpaired) electrons. The number of hydrogen-bond acceptors (Lipinski definition) is 4. The van der Waals surface area contributed by atoms with Crippen molar-refractivity contribution in [3.63, 3.8) is 0 Å². The molecule has 0 bridgehead atoms. The largest absolute Gasteiger partial charge is 0.324 e. The number of benzene rings is 1. The van der Waals surface area contributed by atoms with Crippen LogP contribution in [0.2, 0.25) is 0 Å². The van der Waals surface area contributed by atoms with E-state index in [9.17, 15) is 22.9 Å². The molecule has 1 aromatic rings. The van der Waals surface area contributed by atoms with Crippen molar-refractivity contribution in [3.8, 4) is 0 Å². The van der Waals surface area contributed by atoms with Crippen LogP contribution in [0.1, 0.15) is 20.3 Å². The van der Waals surface area contributed by atoms with Crippen molar-refractivity contribution < 1.29 is 17.7 Å². The number of para-hydroxylation sites is 1. The minimum absolute atomic E-state index is 0.391. The summed E-state index contributed by atoms with van der Waals surface area (Å²) in [7, 11) is -4.10. The topological polar surface area (TPSA) is 89.3 Å². The van der Waals surface area contributed by atoms with Crippen LogP contribution in [0.25, 0.3) is 0 Å². The molecule has 1 rings (SSSR count). The Morgan fingerprint density at radius 3 is 2.61 bits per heavy atom. The molecule has 0 amide bonds. The summed E-state index contributed by atoms with van der Waals surface area (Å²) in [5, 5.41) is 10.7. The second kappa shape index (κ2) is 5.40. The molecule has 6 nitrogen and oxygen atoms in total. The summed E-state index contributed by atoms with van der Waals surface area (Å²) in [6.07, 6.45) is 0.516. The summed E-state index contributed by atoms with van der Waals surface area (Å²) in [5.74, 6) is -1.17. The second-order valence-corrected chi connectivity index (χ2v) is 5.46. The van der Waals surface area contributed by atoms with E-state index in [0.717, 1.165) is 18.2 Å². The fourth-order valence-electron chi connectivity index (χ4n) is 1.30. The fraction of sp³-hybridized carbons (Fsp3) is 0.400. The Morgan fingerprint density at radius 1 is 1.50 bits per heavy atom. The van der Waals surface area contributed by atoms with Gasteiger partial charge in [-0.05, 0) is 25.5 Å². The van der Waals surface area contributed by atoms with Gasteiger partial charge in [-0.3, -0.25) is 10.1 Å². The first-order chi connectivity index (χ1) is 8.29. The Labute approximate surface area is 104 Å². The van der Waals surface area contributed by atoms with Crippen molar-refractivity contribution >= 4 is 15.7 Å². The maximum Gasteiger partial charge on any atom is 0.324 e. The van der Waals surface area contributed by atoms with E-state index in [4.69, 9.17) is 0 Å². The summed E-state index contributed by atoms with van der Waals surface area (Å²) >= 11 is 0. The zero-order valence-electron chi connectivity index (χ0n) is 9.88. The van der Waals surface area contributed by atoms with Gasteiger partial charge in [0.15, 0.2) is 4.90 Å². The molecule has 1 N–H and O–H groups in total. The molecule has 0 saturated heterocycles. The zero-order chi connectivity index (χ0) is 13.9. The molecule has 0 aliphatic rings. The monoisotopic (exact) mass is 276 g/mol. The van der Waals surface area contributed by atoms with E-state index in [2.05, 4.69) is 4.72 Å². The van der Waals surface area contributed by atoms with Crippen molar-refractivity contribution in [2.45, 2.75) is 31.2 Å². The van der Waals surface area contributed by atoms with E-state index in [1.54, 1.807) is 13.8 Å². The second-order valence-electron chi connectivity index (χ2n) is 3.77. The Morgan fingerprint density at radius 2 is 2.11 bits per heavy atom. The van der Waals surface area contributed by atoms with Gasteiger partial charge >= 0.3 is 5.69 Å². The van der Waals surface area contributed by atoms with E-state index < -0.39 is 37.4 Å². The Balaban J connectivity index is 3.33. The SMILES string of the molecule is CCC(C)NS(=O)(=O)c1cccc(F)c1[N+](=O)[O-]. The molecule has 0 saturated carbocycles. The van der Waals surface area contributed by atoms with Crippen LogP contribution in [0.3, 0.4) is 0 Å². The molecule has 1 unspecified atom stereocenters. The zero-order valence-corrected chi connectivity index (χ0v) is 10.7. The molecule has 1 aromatic carbocycles. The predicted molar refractivity (Wildman–Crippen MR) is 63.1 cm³/mol. The van der Waals surface area contributed by atoms with Gasteiger partial charge in [0.25, 0.3) is 0 Å². The van der Waals surface area contributed by atoms with Crippen molar-refractivity contribution in [1.82, 2.24) is 4.72 Å². The molecular formula is C10H13FN2O4S. The standard InChI is InChI=1S/C10H13FN2O4S/c1-3-7(2)12-18(16,17)9-6-4-5-8(11)10(9)13(14)15/h4-7,12H,3H2,1-2H3. The summed E-state index contributed by atoms with van der Waals surface area (Å²) in [4.78, 5) is 9.02. The molecule has 100 valence electrons. The van der Waals surface area contributed by atoms with Crippen molar-refractivity contribution in [1.29, 1.82) is 0 Å². The molecule has 0 spiro atoms. The number of nitro groups is 1. The smallest absolute Gasteiger partial charge is 0.258 e. The lowest BCUT2D eigenvalue weighted by atomic mass is 10.3. The molecule has 0 aliphatic carbocycles. The van der Waals surface area contributed by atoms with Crippen LogP contribution in [0, 0.1) is 15.9 Å². The van der Waals surface area contributed by atoms with Gasteiger partial charge in [0, 0.05) is 6.04 Å². The first kappa shape index (κ1) is 14.5. The van der Waals surface area contributed by atoms with Crippen LogP contribution in [-0.2, 0) is 10.0 Å². The van der Waals surface area contributed by atoms with E-state index >= 15 is 0 Å². The predicted octanol–water partition coefficient (Wildman–Crippen LogP) is 1.81. The third kappa shape index (κ3) is 3.02. The molecule has 0 heterocycles. The first-order valence-electron chi connectivity index (χ1n) is 5.24. The van der Waals surface area contributed by atoms with Crippen LogP contribution in [-0.4, -0.2) is 19.4 Å². The van der Waals surface area contributed by atoms with Crippen LogP contribution >= 0.6 is 0 Å². The van der Waals surface area contributed by atoms with Gasteiger partial charge in [-0.15, -0.1) is 0 Å². The van der Waals surface area contributed by atoms with Gasteiger partial charge in [0.1, 0.15) is 0 Å². The number of sulfonamides is 1. The number of halogens is 1. The highest BCUT2D eigenvalue weighted by molar-refractivity contribution is 7.89. The van der Waals surface area contributed by atoms with Crippen LogP contribution < -0.4 is 4.72 Å². The Bertz CT molecular complexity index is 559. The van der Waals surface area contributed by atoms with E-state index in [1.165, 1.54) is 0 Å². The first-order valence-corrected chi connectivity index (χ1v) is 6.73. The number of nitrogens with zero attached hydrogens (tertiary/aromatic N) is 1. The van der Waals surface area contributed by atoms with E-state index in [-0.39, 0.29) is 0 Å². The summed E-state index contributed by atoms with van der Waals surface area (Å²) < 4.78 is 39.4. The molecule has 0 fully saturated rings. The molecule has 0 aliphatic heterocycles. The normalized spacial score (nSPS) is 13.3. The maximum atomic E-state index is 13.3. The number of nitrogens with one attached hydrogen (secondary N) is 1. The van der Waals surface area contributed by atoms with Crippen molar-refractivity contribution in [3.05, 3.63) is 34.1 Å². The van der Waals surface area contributed by atoms with Gasteiger partial charge in [0.2, 0.25) is 15.8 Å². The lowest BCUT2D eigenvalue weighted by Crippen LogP contribution is -2.32. The highest BCUT2D eigenvalue weighted by atomic mass is 32.2. The van der Waals surface area contributed by atoms with Crippen molar-refractivity contribution in [2.24, 2.45) is 0 Å². The number of rotatable bonds is 5. The average molecular weight is 276 g/mol.